The van der Waals surface area contributed by atoms with Gasteiger partial charge in [-0.3, -0.25) is 9.80 Å². The van der Waals surface area contributed by atoms with Crippen molar-refractivity contribution in [3.05, 3.63) is 83.9 Å². The summed E-state index contributed by atoms with van der Waals surface area (Å²) in [6.07, 6.45) is 7.63. The van der Waals surface area contributed by atoms with E-state index >= 15 is 0 Å². The third-order valence-corrected chi connectivity index (χ3v) is 11.9. The molecule has 10 rings (SSSR count). The highest BCUT2D eigenvalue weighted by atomic mass is 16.5. The van der Waals surface area contributed by atoms with E-state index in [1.165, 1.54) is 93.3 Å². The Morgan fingerprint density at radius 1 is 0.510 bits per heavy atom. The van der Waals surface area contributed by atoms with E-state index in [-0.39, 0.29) is 12.1 Å². The fraction of sp³-hybridized carbons (Fsp3) is 0.429. The summed E-state index contributed by atoms with van der Waals surface area (Å²) in [4.78, 5) is 5.42. The van der Waals surface area contributed by atoms with Crippen LogP contribution in [0, 0.1) is 0 Å². The molecule has 2 unspecified atom stereocenters. The van der Waals surface area contributed by atoms with E-state index in [2.05, 4.69) is 91.7 Å². The highest BCUT2D eigenvalue weighted by Gasteiger charge is 2.31. The number of hydrogen-bond acceptors (Lipinski definition) is 5. The largest absolute Gasteiger partial charge is 0.490 e. The molecule has 49 heavy (non-hydrogen) atoms. The number of para-hydroxylation sites is 2. The monoisotopic (exact) mass is 654 g/mol. The second kappa shape index (κ2) is 12.4. The molecule has 2 aromatic heterocycles. The Kier molecular flexibility index (Phi) is 7.54. The molecule has 7 nitrogen and oxygen atoms in total. The maximum Gasteiger partial charge on any atom is 0.143 e. The average molecular weight is 655 g/mol. The van der Waals surface area contributed by atoms with Crippen molar-refractivity contribution in [2.45, 2.75) is 63.7 Å². The first kappa shape index (κ1) is 29.8. The van der Waals surface area contributed by atoms with Gasteiger partial charge in [0.1, 0.15) is 24.7 Å². The van der Waals surface area contributed by atoms with Crippen LogP contribution in [0.1, 0.15) is 61.7 Å². The molecule has 0 spiro atoms. The summed E-state index contributed by atoms with van der Waals surface area (Å²) < 4.78 is 24.3. The van der Waals surface area contributed by atoms with Gasteiger partial charge < -0.3 is 23.3 Å². The summed E-state index contributed by atoms with van der Waals surface area (Å²) in [5.74, 6) is 2.01. The predicted octanol–water partition coefficient (Wildman–Crippen LogP) is 8.46. The molecular formula is C42H46N4O3. The van der Waals surface area contributed by atoms with Crippen LogP contribution in [0.15, 0.2) is 72.8 Å². The predicted molar refractivity (Wildman–Crippen MR) is 197 cm³/mol. The van der Waals surface area contributed by atoms with Crippen LogP contribution >= 0.6 is 0 Å². The molecule has 4 aromatic carbocycles. The lowest BCUT2D eigenvalue weighted by atomic mass is 9.96. The normalized spacial score (nSPS) is 19.8. The standard InChI is InChI=1S/C42H46N4O3/c1-3-19-43(20-4-1)35(29-11-7-15-33-39(29)31-13-9-17-37-41(31)45(33)23-25-48-37)27-47-28-36(44-21-5-2-6-22-44)30-12-8-16-34-40(30)32-14-10-18-38-42(32)46(34)24-26-49-38/h7-18,35-36H,1-6,19-28H2. The summed E-state index contributed by atoms with van der Waals surface area (Å²) in [5, 5.41) is 5.36. The summed E-state index contributed by atoms with van der Waals surface area (Å²) in [6.45, 7) is 9.06. The smallest absolute Gasteiger partial charge is 0.143 e. The molecule has 4 aliphatic rings. The number of nitrogens with zero attached hydrogens (tertiary/aromatic N) is 4. The van der Waals surface area contributed by atoms with Crippen molar-refractivity contribution in [2.24, 2.45) is 0 Å². The second-order valence-electron chi connectivity index (χ2n) is 14.5. The number of piperidine rings is 2. The Morgan fingerprint density at radius 2 is 0.959 bits per heavy atom. The Balaban J connectivity index is 1.04. The first-order valence-electron chi connectivity index (χ1n) is 18.7. The maximum atomic E-state index is 7.09. The van der Waals surface area contributed by atoms with E-state index in [1.807, 2.05) is 0 Å². The molecule has 0 aliphatic carbocycles. The molecule has 7 heteroatoms. The van der Waals surface area contributed by atoms with Crippen LogP contribution in [-0.2, 0) is 17.8 Å². The van der Waals surface area contributed by atoms with Crippen molar-refractivity contribution in [1.82, 2.24) is 18.9 Å². The van der Waals surface area contributed by atoms with Crippen molar-refractivity contribution in [2.75, 3.05) is 52.6 Å². The summed E-state index contributed by atoms with van der Waals surface area (Å²) in [6, 6.07) is 27.4. The minimum absolute atomic E-state index is 0.196. The van der Waals surface area contributed by atoms with Crippen molar-refractivity contribution in [1.29, 1.82) is 0 Å². The van der Waals surface area contributed by atoms with Gasteiger partial charge in [-0.1, -0.05) is 61.4 Å². The molecule has 2 atom stereocenters. The highest BCUT2D eigenvalue weighted by molar-refractivity contribution is 6.13. The van der Waals surface area contributed by atoms with E-state index in [0.717, 1.165) is 64.0 Å². The van der Waals surface area contributed by atoms with Crippen LogP contribution in [0.3, 0.4) is 0 Å². The van der Waals surface area contributed by atoms with Gasteiger partial charge in [0.25, 0.3) is 0 Å². The van der Waals surface area contributed by atoms with Gasteiger partial charge >= 0.3 is 0 Å². The number of benzene rings is 4. The molecule has 6 aromatic rings. The minimum Gasteiger partial charge on any atom is -0.490 e. The van der Waals surface area contributed by atoms with E-state index in [1.54, 1.807) is 0 Å². The number of rotatable bonds is 8. The fourth-order valence-corrected chi connectivity index (χ4v) is 9.68. The Hall–Kier alpha value is -4.04. The van der Waals surface area contributed by atoms with Gasteiger partial charge in [-0.15, -0.1) is 0 Å². The van der Waals surface area contributed by atoms with Crippen LogP contribution in [0.25, 0.3) is 43.6 Å². The lowest BCUT2D eigenvalue weighted by Gasteiger charge is -2.37. The van der Waals surface area contributed by atoms with Crippen LogP contribution in [0.5, 0.6) is 11.5 Å². The quantitative estimate of drug-likeness (QED) is 0.165. The lowest BCUT2D eigenvalue weighted by Crippen LogP contribution is -2.38. The molecule has 0 N–H and O–H groups in total. The average Bonchev–Trinajstić information content (AvgIpc) is 3.68. The topological polar surface area (TPSA) is 44.0 Å². The van der Waals surface area contributed by atoms with Crippen LogP contribution in [0.2, 0.25) is 0 Å². The van der Waals surface area contributed by atoms with E-state index in [9.17, 15) is 0 Å². The number of likely N-dealkylation sites (tertiary alicyclic amines) is 2. The lowest BCUT2D eigenvalue weighted by molar-refractivity contribution is 0.0120. The third-order valence-electron chi connectivity index (χ3n) is 11.9. The van der Waals surface area contributed by atoms with Gasteiger partial charge in [-0.25, -0.2) is 0 Å². The molecule has 6 heterocycles. The van der Waals surface area contributed by atoms with Gasteiger partial charge in [0.05, 0.1) is 49.4 Å². The van der Waals surface area contributed by atoms with Crippen molar-refractivity contribution in [3.63, 3.8) is 0 Å². The molecule has 0 radical (unpaired) electrons. The molecule has 2 fully saturated rings. The highest BCUT2D eigenvalue weighted by Crippen LogP contribution is 2.43. The molecule has 252 valence electrons. The SMILES string of the molecule is c1cc2c3c(c1)c1c(C(COCC(c4cccc5c4c4cccc6c4n5CCO6)N4CCCCC4)N4CCCCC4)cccc1n3CCO2. The first-order chi connectivity index (χ1) is 24.3. The number of aromatic nitrogens is 2. The molecule has 0 amide bonds. The Labute approximate surface area is 287 Å². The fourth-order valence-electron chi connectivity index (χ4n) is 9.68. The molecular weight excluding hydrogens is 608 g/mol. The van der Waals surface area contributed by atoms with Crippen molar-refractivity contribution < 1.29 is 14.2 Å². The van der Waals surface area contributed by atoms with Crippen LogP contribution in [0.4, 0.5) is 0 Å². The summed E-state index contributed by atoms with van der Waals surface area (Å²) in [7, 11) is 0. The van der Waals surface area contributed by atoms with Crippen LogP contribution in [-0.4, -0.2) is 71.5 Å². The second-order valence-corrected chi connectivity index (χ2v) is 14.5. The Morgan fingerprint density at radius 3 is 1.43 bits per heavy atom. The minimum atomic E-state index is 0.196. The zero-order valence-electron chi connectivity index (χ0n) is 28.4. The van der Waals surface area contributed by atoms with Crippen molar-refractivity contribution in [3.8, 4) is 11.5 Å². The summed E-state index contributed by atoms with van der Waals surface area (Å²) in [5.41, 5.74) is 7.91. The van der Waals surface area contributed by atoms with Gasteiger partial charge in [0.2, 0.25) is 0 Å². The van der Waals surface area contributed by atoms with Crippen molar-refractivity contribution >= 4 is 43.6 Å². The van der Waals surface area contributed by atoms with Crippen LogP contribution < -0.4 is 9.47 Å². The Bertz CT molecular complexity index is 2020. The molecule has 0 bridgehead atoms. The van der Waals surface area contributed by atoms with Gasteiger partial charge in [-0.2, -0.15) is 0 Å². The van der Waals surface area contributed by atoms with Gasteiger partial charge in [-0.05, 0) is 87.3 Å². The number of hydrogen-bond donors (Lipinski definition) is 0. The molecule has 4 aliphatic heterocycles. The zero-order chi connectivity index (χ0) is 32.3. The zero-order valence-corrected chi connectivity index (χ0v) is 28.4. The number of ether oxygens (including phenoxy) is 3. The van der Waals surface area contributed by atoms with Gasteiger partial charge in [0.15, 0.2) is 0 Å². The van der Waals surface area contributed by atoms with E-state index in [4.69, 9.17) is 14.2 Å². The maximum absolute atomic E-state index is 7.09. The first-order valence-corrected chi connectivity index (χ1v) is 18.7. The van der Waals surface area contributed by atoms with Gasteiger partial charge in [0, 0.05) is 32.6 Å². The summed E-state index contributed by atoms with van der Waals surface area (Å²) >= 11 is 0. The molecule has 2 saturated heterocycles. The van der Waals surface area contributed by atoms with E-state index < -0.39 is 0 Å². The number of fused-ring (bicyclic) bond motifs is 6. The van der Waals surface area contributed by atoms with E-state index in [0.29, 0.717) is 13.2 Å². The molecule has 0 saturated carbocycles. The third kappa shape index (κ3) is 4.88.